The van der Waals surface area contributed by atoms with Gasteiger partial charge < -0.3 is 19.0 Å². The Kier molecular flexibility index (Phi) is 3.63. The topological polar surface area (TPSA) is 71.7 Å². The van der Waals surface area contributed by atoms with E-state index in [1.54, 1.807) is 13.2 Å². The first-order valence-electron chi connectivity index (χ1n) is 8.17. The van der Waals surface area contributed by atoms with Crippen molar-refractivity contribution in [2.24, 2.45) is 0 Å². The number of anilines is 1. The molecule has 24 heavy (non-hydrogen) atoms. The minimum Gasteiger partial charge on any atom is -0.481 e. The molecule has 0 bridgehead atoms. The fourth-order valence-corrected chi connectivity index (χ4v) is 3.81. The smallest absolute Gasteiger partial charge is 0.289 e. The number of likely N-dealkylation sites (tertiary alicyclic amines) is 1. The Hall–Kier alpha value is -2.57. The van der Waals surface area contributed by atoms with Crippen LogP contribution in [0.4, 0.5) is 5.82 Å². The van der Waals surface area contributed by atoms with Gasteiger partial charge in [-0.2, -0.15) is 0 Å². The molecule has 2 aromatic heterocycles. The molecule has 2 atom stereocenters. The number of aryl methyl sites for hydroxylation is 1. The van der Waals surface area contributed by atoms with Crippen LogP contribution >= 0.6 is 0 Å². The second-order valence-corrected chi connectivity index (χ2v) is 6.23. The van der Waals surface area contributed by atoms with Crippen LogP contribution < -0.4 is 9.64 Å². The maximum Gasteiger partial charge on any atom is 0.289 e. The molecular formula is C17H20N4O3. The molecule has 7 nitrogen and oxygen atoms in total. The van der Waals surface area contributed by atoms with Crippen molar-refractivity contribution in [2.75, 3.05) is 25.1 Å². The number of hydrogen-bond donors (Lipinski definition) is 0. The molecule has 0 saturated carbocycles. The lowest BCUT2D eigenvalue weighted by atomic mass is 10.1. The van der Waals surface area contributed by atoms with E-state index in [2.05, 4.69) is 14.9 Å². The Bertz CT molecular complexity index is 760. The highest BCUT2D eigenvalue weighted by Crippen LogP contribution is 2.35. The van der Waals surface area contributed by atoms with Crippen molar-refractivity contribution in [1.29, 1.82) is 0 Å². The molecule has 0 spiro atoms. The van der Waals surface area contributed by atoms with E-state index in [4.69, 9.17) is 9.15 Å². The zero-order valence-electron chi connectivity index (χ0n) is 13.8. The first-order chi connectivity index (χ1) is 11.7. The summed E-state index contributed by atoms with van der Waals surface area (Å²) in [4.78, 5) is 25.4. The monoisotopic (exact) mass is 328 g/mol. The summed E-state index contributed by atoms with van der Waals surface area (Å²) in [7, 11) is 1.60. The zero-order valence-corrected chi connectivity index (χ0v) is 13.8. The van der Waals surface area contributed by atoms with Gasteiger partial charge in [0.05, 0.1) is 19.2 Å². The van der Waals surface area contributed by atoms with Crippen LogP contribution in [-0.2, 0) is 0 Å². The van der Waals surface area contributed by atoms with E-state index < -0.39 is 0 Å². The molecule has 126 valence electrons. The van der Waals surface area contributed by atoms with Crippen LogP contribution in [0, 0.1) is 6.92 Å². The number of fused-ring (bicyclic) bond motifs is 1. The molecule has 0 radical (unpaired) electrons. The van der Waals surface area contributed by atoms with Crippen molar-refractivity contribution in [3.05, 3.63) is 36.0 Å². The Morgan fingerprint density at radius 2 is 2.08 bits per heavy atom. The third-order valence-corrected chi connectivity index (χ3v) is 4.92. The SMILES string of the molecule is COc1cc(N2CC[C@H]3[C@@H]2CCN3C(=O)c2ccc(C)o2)ncn1. The number of furan rings is 1. The number of amides is 1. The molecule has 0 aromatic carbocycles. The Balaban J connectivity index is 1.54. The average molecular weight is 328 g/mol. The van der Waals surface area contributed by atoms with Crippen LogP contribution in [-0.4, -0.2) is 53.1 Å². The highest BCUT2D eigenvalue weighted by molar-refractivity contribution is 5.92. The van der Waals surface area contributed by atoms with Gasteiger partial charge in [-0.05, 0) is 31.9 Å². The molecule has 1 amide bonds. The largest absolute Gasteiger partial charge is 0.481 e. The van der Waals surface area contributed by atoms with Gasteiger partial charge in [-0.3, -0.25) is 4.79 Å². The van der Waals surface area contributed by atoms with Crippen molar-refractivity contribution in [2.45, 2.75) is 31.8 Å². The van der Waals surface area contributed by atoms with Gasteiger partial charge in [0.2, 0.25) is 5.88 Å². The van der Waals surface area contributed by atoms with Crippen molar-refractivity contribution in [3.63, 3.8) is 0 Å². The van der Waals surface area contributed by atoms with E-state index in [9.17, 15) is 4.79 Å². The summed E-state index contributed by atoms with van der Waals surface area (Å²) in [5, 5.41) is 0. The van der Waals surface area contributed by atoms with Gasteiger partial charge in [0.25, 0.3) is 5.91 Å². The highest BCUT2D eigenvalue weighted by Gasteiger charge is 2.45. The minimum atomic E-state index is -0.0160. The van der Waals surface area contributed by atoms with E-state index in [0.717, 1.165) is 37.5 Å². The van der Waals surface area contributed by atoms with Gasteiger partial charge in [0, 0.05) is 19.2 Å². The van der Waals surface area contributed by atoms with E-state index >= 15 is 0 Å². The lowest BCUT2D eigenvalue weighted by molar-refractivity contribution is 0.0704. The van der Waals surface area contributed by atoms with E-state index in [1.165, 1.54) is 6.33 Å². The summed E-state index contributed by atoms with van der Waals surface area (Å²) < 4.78 is 10.7. The zero-order chi connectivity index (χ0) is 16.7. The molecule has 0 N–H and O–H groups in total. The van der Waals surface area contributed by atoms with Crippen molar-refractivity contribution in [3.8, 4) is 5.88 Å². The van der Waals surface area contributed by atoms with Gasteiger partial charge in [-0.25, -0.2) is 9.97 Å². The molecule has 0 aliphatic carbocycles. The maximum absolute atomic E-state index is 12.7. The summed E-state index contributed by atoms with van der Waals surface area (Å²) in [6.45, 7) is 3.46. The molecule has 4 rings (SSSR count). The second-order valence-electron chi connectivity index (χ2n) is 6.23. The quantitative estimate of drug-likeness (QED) is 0.857. The van der Waals surface area contributed by atoms with Crippen LogP contribution in [0.15, 0.2) is 28.9 Å². The van der Waals surface area contributed by atoms with Gasteiger partial charge in [0.15, 0.2) is 5.76 Å². The Labute approximate surface area is 140 Å². The van der Waals surface area contributed by atoms with Gasteiger partial charge in [-0.1, -0.05) is 0 Å². The average Bonchev–Trinajstić information content (AvgIpc) is 3.30. The van der Waals surface area contributed by atoms with Gasteiger partial charge >= 0.3 is 0 Å². The number of aromatic nitrogens is 2. The number of ether oxygens (including phenoxy) is 1. The minimum absolute atomic E-state index is 0.0160. The van der Waals surface area contributed by atoms with E-state index in [0.29, 0.717) is 11.6 Å². The van der Waals surface area contributed by atoms with Crippen molar-refractivity contribution in [1.82, 2.24) is 14.9 Å². The number of carbonyl (C=O) groups is 1. The first-order valence-corrected chi connectivity index (χ1v) is 8.17. The van der Waals surface area contributed by atoms with Gasteiger partial charge in [0.1, 0.15) is 17.9 Å². The molecule has 0 unspecified atom stereocenters. The summed E-state index contributed by atoms with van der Waals surface area (Å²) in [5.74, 6) is 2.58. The number of nitrogens with zero attached hydrogens (tertiary/aromatic N) is 4. The molecule has 2 aliphatic heterocycles. The standard InChI is InChI=1S/C17H20N4O3/c1-11-3-4-14(24-11)17(22)21-8-6-12-13(21)5-7-20(12)15-9-16(23-2)19-10-18-15/h3-4,9-10,12-13H,5-8H2,1-2H3/t12-,13-/m0/s1. The van der Waals surface area contributed by atoms with Crippen molar-refractivity contribution < 1.29 is 13.9 Å². The van der Waals surface area contributed by atoms with Gasteiger partial charge in [-0.15, -0.1) is 0 Å². The third-order valence-electron chi connectivity index (χ3n) is 4.92. The molecule has 2 aromatic rings. The van der Waals surface area contributed by atoms with Crippen LogP contribution in [0.2, 0.25) is 0 Å². The Morgan fingerprint density at radius 1 is 1.25 bits per heavy atom. The maximum atomic E-state index is 12.7. The molecule has 2 saturated heterocycles. The molecule has 7 heteroatoms. The van der Waals surface area contributed by atoms with Crippen LogP contribution in [0.1, 0.15) is 29.2 Å². The third kappa shape index (κ3) is 2.40. The summed E-state index contributed by atoms with van der Waals surface area (Å²) in [5.41, 5.74) is 0. The lowest BCUT2D eigenvalue weighted by Gasteiger charge is -2.26. The predicted molar refractivity (Wildman–Crippen MR) is 87.2 cm³/mol. The van der Waals surface area contributed by atoms with Crippen LogP contribution in [0.25, 0.3) is 0 Å². The first kappa shape index (κ1) is 15.0. The van der Waals surface area contributed by atoms with E-state index in [1.807, 2.05) is 24.0 Å². The molecule has 2 fully saturated rings. The second kappa shape index (κ2) is 5.81. The lowest BCUT2D eigenvalue weighted by Crippen LogP contribution is -2.39. The van der Waals surface area contributed by atoms with E-state index in [-0.39, 0.29) is 18.0 Å². The van der Waals surface area contributed by atoms with Crippen LogP contribution in [0.5, 0.6) is 5.88 Å². The Morgan fingerprint density at radius 3 is 2.83 bits per heavy atom. The van der Waals surface area contributed by atoms with Crippen molar-refractivity contribution >= 4 is 11.7 Å². The molecular weight excluding hydrogens is 308 g/mol. The summed E-state index contributed by atoms with van der Waals surface area (Å²) in [6.07, 6.45) is 3.38. The number of carbonyl (C=O) groups excluding carboxylic acids is 1. The number of hydrogen-bond acceptors (Lipinski definition) is 6. The van der Waals surface area contributed by atoms with Crippen LogP contribution in [0.3, 0.4) is 0 Å². The summed E-state index contributed by atoms with van der Waals surface area (Å²) >= 11 is 0. The molecule has 2 aliphatic rings. The fraction of sp³-hybridized carbons (Fsp3) is 0.471. The normalized spacial score (nSPS) is 22.8. The highest BCUT2D eigenvalue weighted by atomic mass is 16.5. The number of rotatable bonds is 3. The predicted octanol–water partition coefficient (Wildman–Crippen LogP) is 1.88. The fourth-order valence-electron chi connectivity index (χ4n) is 3.81. The summed E-state index contributed by atoms with van der Waals surface area (Å²) in [6, 6.07) is 5.92. The number of methoxy groups -OCH3 is 1. The molecule has 4 heterocycles.